The molecule has 0 amide bonds. The first kappa shape index (κ1) is 15.5. The second-order valence-electron chi connectivity index (χ2n) is 5.81. The van der Waals surface area contributed by atoms with Gasteiger partial charge < -0.3 is 5.32 Å². The maximum atomic E-state index is 13.0. The number of sulfonamides is 1. The highest BCUT2D eigenvalue weighted by molar-refractivity contribution is 7.89. The van der Waals surface area contributed by atoms with Gasteiger partial charge in [-0.2, -0.15) is 4.31 Å². The molecule has 1 aliphatic heterocycles. The van der Waals surface area contributed by atoms with Crippen molar-refractivity contribution in [2.45, 2.75) is 45.6 Å². The fraction of sp³-hybridized carbons (Fsp3) is 0.600. The summed E-state index contributed by atoms with van der Waals surface area (Å²) < 4.78 is 27.6. The summed E-state index contributed by atoms with van der Waals surface area (Å²) in [5, 5.41) is 3.28. The Morgan fingerprint density at radius 3 is 2.20 bits per heavy atom. The average molecular weight is 296 g/mol. The lowest BCUT2D eigenvalue weighted by molar-refractivity contribution is 0.310. The molecule has 1 aliphatic rings. The van der Waals surface area contributed by atoms with Crippen LogP contribution in [0.5, 0.6) is 0 Å². The third-order valence-electron chi connectivity index (χ3n) is 4.23. The van der Waals surface area contributed by atoms with Gasteiger partial charge in [0.2, 0.25) is 10.0 Å². The van der Waals surface area contributed by atoms with Crippen LogP contribution in [-0.4, -0.2) is 38.4 Å². The molecule has 1 heterocycles. The van der Waals surface area contributed by atoms with Crippen molar-refractivity contribution in [3.8, 4) is 0 Å². The van der Waals surface area contributed by atoms with E-state index in [2.05, 4.69) is 11.4 Å². The van der Waals surface area contributed by atoms with E-state index in [1.54, 1.807) is 4.31 Å². The Morgan fingerprint density at radius 1 is 1.15 bits per heavy atom. The summed E-state index contributed by atoms with van der Waals surface area (Å²) >= 11 is 0. The molecule has 112 valence electrons. The van der Waals surface area contributed by atoms with Gasteiger partial charge in [0, 0.05) is 25.7 Å². The summed E-state index contributed by atoms with van der Waals surface area (Å²) in [5.41, 5.74) is 3.82. The lowest BCUT2D eigenvalue weighted by atomic mass is 10.0. The molecule has 0 bridgehead atoms. The molecule has 0 saturated carbocycles. The van der Waals surface area contributed by atoms with Gasteiger partial charge in [-0.25, -0.2) is 8.42 Å². The standard InChI is InChI=1S/C15H24N2O2S/c1-10-8-11(2)14(5)15(13(10)4)20(18,19)17-7-6-16-12(3)9-17/h8,12,16H,6-7,9H2,1-5H3/t12-/m0/s1. The van der Waals surface area contributed by atoms with Gasteiger partial charge in [0.1, 0.15) is 0 Å². The van der Waals surface area contributed by atoms with Crippen molar-refractivity contribution in [2.75, 3.05) is 19.6 Å². The van der Waals surface area contributed by atoms with E-state index in [0.29, 0.717) is 24.5 Å². The molecule has 0 unspecified atom stereocenters. The first-order valence-electron chi connectivity index (χ1n) is 7.06. The lowest BCUT2D eigenvalue weighted by Gasteiger charge is -2.32. The average Bonchev–Trinajstić information content (AvgIpc) is 2.36. The van der Waals surface area contributed by atoms with E-state index < -0.39 is 10.0 Å². The second-order valence-corrected chi connectivity index (χ2v) is 7.68. The van der Waals surface area contributed by atoms with E-state index in [4.69, 9.17) is 0 Å². The van der Waals surface area contributed by atoms with Crippen molar-refractivity contribution in [2.24, 2.45) is 0 Å². The Bertz CT molecular complexity index is 597. The molecular weight excluding hydrogens is 272 g/mol. The SMILES string of the molecule is Cc1cc(C)c(C)c(S(=O)(=O)N2CCN[C@@H](C)C2)c1C. The van der Waals surface area contributed by atoms with Crippen molar-refractivity contribution in [3.63, 3.8) is 0 Å². The molecule has 1 saturated heterocycles. The first-order chi connectivity index (χ1) is 9.25. The van der Waals surface area contributed by atoms with Crippen LogP contribution in [0.3, 0.4) is 0 Å². The predicted molar refractivity (Wildman–Crippen MR) is 81.6 cm³/mol. The van der Waals surface area contributed by atoms with Crippen LogP contribution in [-0.2, 0) is 10.0 Å². The lowest BCUT2D eigenvalue weighted by Crippen LogP contribution is -2.51. The Hall–Kier alpha value is -0.910. The molecule has 1 aromatic rings. The molecule has 1 fully saturated rings. The van der Waals surface area contributed by atoms with Gasteiger partial charge in [0.15, 0.2) is 0 Å². The smallest absolute Gasteiger partial charge is 0.243 e. The monoisotopic (exact) mass is 296 g/mol. The molecular formula is C15H24N2O2S. The van der Waals surface area contributed by atoms with Crippen LogP contribution in [0.25, 0.3) is 0 Å². The highest BCUT2D eigenvalue weighted by Crippen LogP contribution is 2.29. The van der Waals surface area contributed by atoms with Crippen molar-refractivity contribution in [1.82, 2.24) is 9.62 Å². The summed E-state index contributed by atoms with van der Waals surface area (Å²) in [4.78, 5) is 0.504. The Labute approximate surface area is 122 Å². The molecule has 4 nitrogen and oxygen atoms in total. The van der Waals surface area contributed by atoms with Crippen LogP contribution >= 0.6 is 0 Å². The number of hydrogen-bond acceptors (Lipinski definition) is 3. The van der Waals surface area contributed by atoms with Crippen molar-refractivity contribution in [1.29, 1.82) is 0 Å². The van der Waals surface area contributed by atoms with Crippen LogP contribution in [0.2, 0.25) is 0 Å². The van der Waals surface area contributed by atoms with Gasteiger partial charge in [-0.15, -0.1) is 0 Å². The van der Waals surface area contributed by atoms with Gasteiger partial charge in [0.05, 0.1) is 4.90 Å². The van der Waals surface area contributed by atoms with E-state index in [1.807, 2.05) is 34.6 Å². The Kier molecular flexibility index (Phi) is 4.23. The topological polar surface area (TPSA) is 49.4 Å². The number of rotatable bonds is 2. The minimum atomic E-state index is -3.41. The largest absolute Gasteiger partial charge is 0.312 e. The molecule has 20 heavy (non-hydrogen) atoms. The fourth-order valence-electron chi connectivity index (χ4n) is 2.81. The fourth-order valence-corrected chi connectivity index (χ4v) is 4.92. The molecule has 2 rings (SSSR count). The summed E-state index contributed by atoms with van der Waals surface area (Å²) in [6.45, 7) is 11.6. The maximum Gasteiger partial charge on any atom is 0.243 e. The number of benzene rings is 1. The molecule has 5 heteroatoms. The quantitative estimate of drug-likeness (QED) is 0.907. The minimum absolute atomic E-state index is 0.199. The zero-order chi connectivity index (χ0) is 15.1. The summed E-state index contributed by atoms with van der Waals surface area (Å²) in [6.07, 6.45) is 0. The predicted octanol–water partition coefficient (Wildman–Crippen LogP) is 1.90. The molecule has 0 radical (unpaired) electrons. The van der Waals surface area contributed by atoms with Crippen LogP contribution in [0.4, 0.5) is 0 Å². The Balaban J connectivity index is 2.55. The molecule has 1 aromatic carbocycles. The molecule has 1 N–H and O–H groups in total. The van der Waals surface area contributed by atoms with Crippen molar-refractivity contribution < 1.29 is 8.42 Å². The number of nitrogens with one attached hydrogen (secondary N) is 1. The van der Waals surface area contributed by atoms with Gasteiger partial charge in [-0.3, -0.25) is 0 Å². The highest BCUT2D eigenvalue weighted by atomic mass is 32.2. The van der Waals surface area contributed by atoms with E-state index in [0.717, 1.165) is 22.3 Å². The van der Waals surface area contributed by atoms with Gasteiger partial charge >= 0.3 is 0 Å². The molecule has 1 atom stereocenters. The van der Waals surface area contributed by atoms with E-state index >= 15 is 0 Å². The van der Waals surface area contributed by atoms with E-state index in [9.17, 15) is 8.42 Å². The Morgan fingerprint density at radius 2 is 1.70 bits per heavy atom. The second kappa shape index (κ2) is 5.47. The highest BCUT2D eigenvalue weighted by Gasteiger charge is 2.31. The normalized spacial score (nSPS) is 21.1. The number of nitrogens with zero attached hydrogens (tertiary/aromatic N) is 1. The summed E-state index contributed by atoms with van der Waals surface area (Å²) in [6, 6.07) is 2.26. The number of hydrogen-bond donors (Lipinski definition) is 1. The minimum Gasteiger partial charge on any atom is -0.312 e. The maximum absolute atomic E-state index is 13.0. The van der Waals surface area contributed by atoms with E-state index in [-0.39, 0.29) is 6.04 Å². The van der Waals surface area contributed by atoms with Crippen LogP contribution in [0, 0.1) is 27.7 Å². The number of aryl methyl sites for hydroxylation is 2. The first-order valence-corrected chi connectivity index (χ1v) is 8.50. The third kappa shape index (κ3) is 2.62. The van der Waals surface area contributed by atoms with Crippen LogP contribution in [0.15, 0.2) is 11.0 Å². The molecule has 0 aliphatic carbocycles. The van der Waals surface area contributed by atoms with Crippen LogP contribution in [0.1, 0.15) is 29.2 Å². The van der Waals surface area contributed by atoms with Crippen LogP contribution < -0.4 is 5.32 Å². The summed E-state index contributed by atoms with van der Waals surface area (Å²) in [7, 11) is -3.41. The van der Waals surface area contributed by atoms with Crippen molar-refractivity contribution >= 4 is 10.0 Å². The number of piperazine rings is 1. The summed E-state index contributed by atoms with van der Waals surface area (Å²) in [5.74, 6) is 0. The third-order valence-corrected chi connectivity index (χ3v) is 6.37. The molecule has 0 aromatic heterocycles. The van der Waals surface area contributed by atoms with E-state index in [1.165, 1.54) is 0 Å². The zero-order valence-electron chi connectivity index (χ0n) is 12.9. The van der Waals surface area contributed by atoms with Gasteiger partial charge in [0.25, 0.3) is 0 Å². The van der Waals surface area contributed by atoms with Gasteiger partial charge in [-0.1, -0.05) is 6.07 Å². The van der Waals surface area contributed by atoms with Gasteiger partial charge in [-0.05, 0) is 56.9 Å². The zero-order valence-corrected chi connectivity index (χ0v) is 13.8. The molecule has 0 spiro atoms. The van der Waals surface area contributed by atoms with Crippen molar-refractivity contribution in [3.05, 3.63) is 28.3 Å².